The molecule has 2 rings (SSSR count). The highest BCUT2D eigenvalue weighted by Crippen LogP contribution is 2.20. The summed E-state index contributed by atoms with van der Waals surface area (Å²) in [6.07, 6.45) is -2.86. The first-order valence-electron chi connectivity index (χ1n) is 28.3. The molecule has 1 aliphatic rings. The molecule has 1 unspecified atom stereocenters. The average Bonchev–Trinajstić information content (AvgIpc) is 3.43. The first-order valence-corrected chi connectivity index (χ1v) is 28.8. The van der Waals surface area contributed by atoms with E-state index in [9.17, 15) is 88.2 Å². The van der Waals surface area contributed by atoms with Gasteiger partial charge >= 0.3 is 17.9 Å². The van der Waals surface area contributed by atoms with Gasteiger partial charge in [-0.15, -0.1) is 11.6 Å². The number of carboxylic acids is 2. The molecular weight excluding hydrogens is 1160 g/mol. The van der Waals surface area contributed by atoms with Gasteiger partial charge in [-0.05, 0) is 89.6 Å². The molecule has 0 bridgehead atoms. The molecule has 0 spiro atoms. The van der Waals surface area contributed by atoms with E-state index in [0.717, 1.165) is 57.1 Å². The maximum Gasteiger partial charge on any atom is 0.335 e. The summed E-state index contributed by atoms with van der Waals surface area (Å²) in [6, 6.07) is -9.17. The van der Waals surface area contributed by atoms with Crippen molar-refractivity contribution >= 4 is 82.7 Å². The van der Waals surface area contributed by atoms with Crippen molar-refractivity contribution in [3.8, 4) is 0 Å². The number of allylic oxidation sites excluding steroid dienone is 1. The number of cyclic esters (lactones) is 1. The third-order valence-corrected chi connectivity index (χ3v) is 13.7. The molecule has 1 heterocycles. The van der Waals surface area contributed by atoms with Gasteiger partial charge < -0.3 is 100 Å². The number of nitrogens with two attached hydrogens (primary N) is 3. The van der Waals surface area contributed by atoms with E-state index in [1.165, 1.54) is 6.92 Å². The fourth-order valence-corrected chi connectivity index (χ4v) is 8.76. The number of benzene rings is 1. The van der Waals surface area contributed by atoms with Gasteiger partial charge in [0.1, 0.15) is 54.6 Å². The predicted molar refractivity (Wildman–Crippen MR) is 306 cm³/mol. The molecule has 1 aromatic carbocycles. The number of aliphatic hydroxyl groups is 4. The summed E-state index contributed by atoms with van der Waals surface area (Å²) in [5.41, 5.74) is 17.7. The highest BCUT2D eigenvalue weighted by molar-refractivity contribution is 6.18. The van der Waals surface area contributed by atoms with Gasteiger partial charge in [0.05, 0.1) is 37.0 Å². The van der Waals surface area contributed by atoms with Crippen LogP contribution < -0.4 is 65.1 Å². The molecule has 0 aliphatic carbocycles. The maximum absolute atomic E-state index is 14.3. The Morgan fingerprint density at radius 1 is 0.674 bits per heavy atom. The van der Waals surface area contributed by atoms with E-state index in [-0.39, 0.29) is 45.3 Å². The number of carboxylic acid groups (broad SMARTS) is 2. The van der Waals surface area contributed by atoms with Crippen LogP contribution in [0, 0.1) is 0 Å². The minimum absolute atomic E-state index is 0.118. The fourth-order valence-electron chi connectivity index (χ4n) is 8.58. The Labute approximate surface area is 501 Å². The van der Waals surface area contributed by atoms with E-state index >= 15 is 0 Å². The van der Waals surface area contributed by atoms with E-state index in [4.69, 9.17) is 33.5 Å². The third-order valence-electron chi connectivity index (χ3n) is 13.4. The normalized spacial score (nSPS) is 24.0. The molecule has 0 saturated carbocycles. The summed E-state index contributed by atoms with van der Waals surface area (Å²) in [6.45, 7) is 2.54. The van der Waals surface area contributed by atoms with E-state index < -0.39 is 181 Å². The molecule has 9 amide bonds. The van der Waals surface area contributed by atoms with Crippen LogP contribution >= 0.6 is 11.6 Å². The van der Waals surface area contributed by atoms with Crippen molar-refractivity contribution in [2.24, 2.45) is 17.2 Å². The van der Waals surface area contributed by atoms with Gasteiger partial charge in [-0.3, -0.25) is 47.9 Å². The summed E-state index contributed by atoms with van der Waals surface area (Å²) in [4.78, 5) is 163. The van der Waals surface area contributed by atoms with Crippen LogP contribution in [0.2, 0.25) is 0 Å². The molecule has 32 heteroatoms. The Morgan fingerprint density at radius 3 is 1.79 bits per heavy atom. The Kier molecular flexibility index (Phi) is 34.2. The molecule has 482 valence electrons. The Balaban J connectivity index is 2.82. The number of amides is 9. The molecule has 31 nitrogen and oxygen atoms in total. The van der Waals surface area contributed by atoms with Crippen LogP contribution in [0.1, 0.15) is 121 Å². The number of carbonyl (C=O) groups excluding carboxylic acids is 10. The first-order chi connectivity index (χ1) is 40.8. The van der Waals surface area contributed by atoms with E-state index in [1.54, 1.807) is 18.2 Å². The molecule has 1 aromatic rings. The number of aliphatic hydroxyl groups excluding tert-OH is 4. The molecule has 12 atom stereocenters. The van der Waals surface area contributed by atoms with Crippen LogP contribution in [0.25, 0.3) is 0 Å². The summed E-state index contributed by atoms with van der Waals surface area (Å²) in [5.74, 6) is -18.0. The minimum atomic E-state index is -2.84. The number of rotatable bonds is 26. The van der Waals surface area contributed by atoms with Gasteiger partial charge in [-0.1, -0.05) is 69.4 Å². The lowest BCUT2D eigenvalue weighted by Gasteiger charge is -2.28. The van der Waals surface area contributed by atoms with Crippen LogP contribution in [0.3, 0.4) is 0 Å². The Morgan fingerprint density at radius 2 is 1.23 bits per heavy atom. The summed E-state index contributed by atoms with van der Waals surface area (Å²) in [7, 11) is 0. The zero-order valence-electron chi connectivity index (χ0n) is 48.4. The van der Waals surface area contributed by atoms with Gasteiger partial charge in [0.15, 0.2) is 12.1 Å². The second-order valence-corrected chi connectivity index (χ2v) is 20.7. The van der Waals surface area contributed by atoms with Crippen molar-refractivity contribution in [2.45, 2.75) is 183 Å². The number of unbranched alkanes of at least 4 members (excludes halogenated alkanes) is 6. The largest absolute Gasteiger partial charge is 0.481 e. The van der Waals surface area contributed by atoms with Crippen LogP contribution in [-0.2, 0) is 68.7 Å². The predicted octanol–water partition coefficient (Wildman–Crippen LogP) is -4.80. The maximum atomic E-state index is 14.3. The highest BCUT2D eigenvalue weighted by atomic mass is 35.5. The van der Waals surface area contributed by atoms with E-state index in [2.05, 4.69) is 44.1 Å². The Hall–Kier alpha value is -7.39. The summed E-state index contributed by atoms with van der Waals surface area (Å²) >= 11 is 5.88. The summed E-state index contributed by atoms with van der Waals surface area (Å²) < 4.78 is 5.31. The Bertz CT molecular complexity index is 2510. The van der Waals surface area contributed by atoms with Gasteiger partial charge in [0.2, 0.25) is 47.3 Å². The fraction of sp³-hybridized carbons (Fsp3) is 0.630. The number of ether oxygens (including phenoxy) is 1. The number of esters is 1. The zero-order chi connectivity index (χ0) is 64.6. The van der Waals surface area contributed by atoms with Crippen molar-refractivity contribution in [3.05, 3.63) is 47.2 Å². The number of halogens is 1. The van der Waals surface area contributed by atoms with Crippen LogP contribution in [0.15, 0.2) is 36.0 Å². The van der Waals surface area contributed by atoms with Crippen molar-refractivity contribution in [2.75, 3.05) is 32.1 Å². The van der Waals surface area contributed by atoms with Crippen molar-refractivity contribution in [1.82, 2.24) is 47.9 Å². The van der Waals surface area contributed by atoms with Gasteiger partial charge in [-0.25, -0.2) is 9.59 Å². The zero-order valence-corrected chi connectivity index (χ0v) is 49.1. The number of aryl methyl sites for hydroxylation is 1. The number of aliphatic carboxylic acids is 2. The van der Waals surface area contributed by atoms with E-state index in [1.807, 2.05) is 16.7 Å². The lowest BCUT2D eigenvalue weighted by atomic mass is 9.99. The van der Waals surface area contributed by atoms with Gasteiger partial charge in [0.25, 0.3) is 5.91 Å². The van der Waals surface area contributed by atoms with Gasteiger partial charge in [-0.2, -0.15) is 0 Å². The highest BCUT2D eigenvalue weighted by Gasteiger charge is 2.41. The third kappa shape index (κ3) is 25.7. The standard InChI is InChI=1S/C54H85ClN12O19/c1-4-6-7-8-9-10-14-29-15-13-16-30(23-29)37(69)25-39(71)59-36-27-86-54(85)42(38(70)26-55)66-52(82)43(44(74)53(83)84)67-45(75)31(5-2)60-51(81)41(28(3)68)65-48(78)34(19-22-58)62-46(76)32(17-11-12-20-56)61-49(79)35(24-40(72)73)64-47(77)33(18-21-57)63-50(36)80/h5,13,15-16,23,28,32-38,41-44,68-70,74H,4,6-12,14,17-22,24-27,56-58H2,1-3H3,(H,59,71)(H,60,81)(H,61,79)(H,62,76)(H,63,80)(H,64,77)(H,65,78)(H,66,82)(H,67,75)(H,72,73)(H,83,84)/b31-5+/t28-,32-,33+,34-,35-,36-,37+,38+,41-,42-,43-,44?/m0/s1. The van der Waals surface area contributed by atoms with Crippen LogP contribution in [0.5, 0.6) is 0 Å². The SMILES string of the molecule is C/C=C1/NC(=O)[C@H]([C@H](C)O)NC(=O)[C@H](CCN)NC(=O)[C@H](CCCCN)NC(=O)[C@H](CC(=O)O)NC(=O)[C@@H](CCN)NC(=O)[C@@H](NC(=O)C[C@@H](O)c2cccc(CCCCCCCC)c2)COC(=O)[C@H]([C@H](O)CCl)NC(=O)[C@H](C(O)C(=O)O)NC1=O. The molecule has 0 radical (unpaired) electrons. The van der Waals surface area contributed by atoms with Gasteiger partial charge in [0, 0.05) is 0 Å². The molecule has 1 aliphatic heterocycles. The molecule has 1 saturated heterocycles. The number of alkyl halides is 1. The smallest absolute Gasteiger partial charge is 0.335 e. The van der Waals surface area contributed by atoms with Crippen molar-refractivity contribution < 1.29 is 92.9 Å². The molecule has 21 N–H and O–H groups in total. The summed E-state index contributed by atoms with van der Waals surface area (Å²) in [5, 5.41) is 82.8. The lowest BCUT2D eigenvalue weighted by molar-refractivity contribution is -0.155. The number of nitrogens with one attached hydrogen (secondary N) is 9. The second-order valence-electron chi connectivity index (χ2n) is 20.4. The minimum Gasteiger partial charge on any atom is -0.481 e. The number of carbonyl (C=O) groups is 12. The first kappa shape index (κ1) is 74.7. The molecule has 1 fully saturated rings. The average molecular weight is 1240 g/mol. The monoisotopic (exact) mass is 1240 g/mol. The van der Waals surface area contributed by atoms with Crippen LogP contribution in [-0.4, -0.2) is 200 Å². The number of hydrogen-bond donors (Lipinski definition) is 18. The molecular formula is C54H85ClN12O19. The molecule has 86 heavy (non-hydrogen) atoms. The van der Waals surface area contributed by atoms with E-state index in [0.29, 0.717) is 12.0 Å². The molecule has 0 aromatic heterocycles. The van der Waals surface area contributed by atoms with Crippen LogP contribution in [0.4, 0.5) is 0 Å². The van der Waals surface area contributed by atoms with Crippen molar-refractivity contribution in [1.29, 1.82) is 0 Å². The topological polar surface area (TPSA) is 522 Å². The quantitative estimate of drug-likeness (QED) is 0.0179. The van der Waals surface area contributed by atoms with Crippen molar-refractivity contribution in [3.63, 3.8) is 0 Å². The number of hydrogen-bond acceptors (Lipinski definition) is 20. The lowest BCUT2D eigenvalue weighted by Crippen LogP contribution is -2.62. The second kappa shape index (κ2) is 39.3.